The topological polar surface area (TPSA) is 43.1 Å². The van der Waals surface area contributed by atoms with Gasteiger partial charge < -0.3 is 5.73 Å². The van der Waals surface area contributed by atoms with Crippen LogP contribution in [-0.2, 0) is 4.79 Å². The molecule has 0 heterocycles. The highest BCUT2D eigenvalue weighted by Gasteiger charge is 1.96. The summed E-state index contributed by atoms with van der Waals surface area (Å²) in [7, 11) is 0. The number of unbranched alkanes of at least 4 members (excludes halogenated alkanes) is 4. The van der Waals surface area contributed by atoms with Gasteiger partial charge in [-0.15, -0.1) is 11.8 Å². The van der Waals surface area contributed by atoms with Gasteiger partial charge in [0.05, 0.1) is 0 Å². The van der Waals surface area contributed by atoms with Crippen molar-refractivity contribution < 1.29 is 4.79 Å². The normalized spacial score (nSPS) is 10.5. The predicted octanol–water partition coefficient (Wildman–Crippen LogP) is 3.91. The highest BCUT2D eigenvalue weighted by molar-refractivity contribution is 7.99. The van der Waals surface area contributed by atoms with Crippen molar-refractivity contribution >= 4 is 17.7 Å². The fourth-order valence-corrected chi connectivity index (χ4v) is 2.85. The second kappa shape index (κ2) is 9.03. The smallest absolute Gasteiger partial charge is 0.217 e. The van der Waals surface area contributed by atoms with Crippen LogP contribution in [-0.4, -0.2) is 11.7 Å². The van der Waals surface area contributed by atoms with Crippen LogP contribution < -0.4 is 5.73 Å². The van der Waals surface area contributed by atoms with Crippen LogP contribution in [0.4, 0.5) is 0 Å². The third-order valence-electron chi connectivity index (χ3n) is 2.83. The standard InChI is InChI=1S/C15H23NOS/c1-13-8-7-9-14(12-13)18-11-6-4-2-3-5-10-15(16)17/h7-9,12H,2-6,10-11H2,1H3,(H2,16,17). The average molecular weight is 265 g/mol. The van der Waals surface area contributed by atoms with E-state index >= 15 is 0 Å². The van der Waals surface area contributed by atoms with Gasteiger partial charge in [-0.3, -0.25) is 4.79 Å². The van der Waals surface area contributed by atoms with Crippen LogP contribution in [0.5, 0.6) is 0 Å². The van der Waals surface area contributed by atoms with E-state index in [1.54, 1.807) is 0 Å². The molecule has 0 atom stereocenters. The lowest BCUT2D eigenvalue weighted by molar-refractivity contribution is -0.118. The molecule has 1 amide bonds. The lowest BCUT2D eigenvalue weighted by Crippen LogP contribution is -2.09. The molecule has 2 N–H and O–H groups in total. The molecule has 0 aliphatic carbocycles. The fraction of sp³-hybridized carbons (Fsp3) is 0.533. The number of thioether (sulfide) groups is 1. The molecule has 1 aromatic carbocycles. The lowest BCUT2D eigenvalue weighted by atomic mass is 10.1. The third kappa shape index (κ3) is 7.38. The van der Waals surface area contributed by atoms with E-state index in [1.807, 2.05) is 11.8 Å². The molecule has 0 bridgehead atoms. The molecule has 0 unspecified atom stereocenters. The minimum absolute atomic E-state index is 0.176. The van der Waals surface area contributed by atoms with Crippen LogP contribution in [0.1, 0.15) is 44.1 Å². The molecular formula is C15H23NOS. The van der Waals surface area contributed by atoms with Crippen LogP contribution in [0.25, 0.3) is 0 Å². The number of carbonyl (C=O) groups is 1. The van der Waals surface area contributed by atoms with Gasteiger partial charge >= 0.3 is 0 Å². The first-order valence-electron chi connectivity index (χ1n) is 6.66. The summed E-state index contributed by atoms with van der Waals surface area (Å²) in [5, 5.41) is 0. The van der Waals surface area contributed by atoms with E-state index in [2.05, 4.69) is 31.2 Å². The van der Waals surface area contributed by atoms with Gasteiger partial charge in [0.1, 0.15) is 0 Å². The minimum Gasteiger partial charge on any atom is -0.370 e. The van der Waals surface area contributed by atoms with Gasteiger partial charge in [-0.05, 0) is 37.7 Å². The second-order valence-electron chi connectivity index (χ2n) is 4.65. The number of primary amides is 1. The summed E-state index contributed by atoms with van der Waals surface area (Å²) in [6, 6.07) is 8.65. The summed E-state index contributed by atoms with van der Waals surface area (Å²) in [5.74, 6) is 1.00. The van der Waals surface area contributed by atoms with Crippen molar-refractivity contribution in [3.63, 3.8) is 0 Å². The minimum atomic E-state index is -0.176. The summed E-state index contributed by atoms with van der Waals surface area (Å²) < 4.78 is 0. The van der Waals surface area contributed by atoms with Crippen molar-refractivity contribution in [1.29, 1.82) is 0 Å². The van der Waals surface area contributed by atoms with Gasteiger partial charge in [0.2, 0.25) is 5.91 Å². The van der Waals surface area contributed by atoms with Crippen molar-refractivity contribution in [1.82, 2.24) is 0 Å². The number of amides is 1. The van der Waals surface area contributed by atoms with Crippen LogP contribution >= 0.6 is 11.8 Å². The van der Waals surface area contributed by atoms with Crippen molar-refractivity contribution in [3.8, 4) is 0 Å². The predicted molar refractivity (Wildman–Crippen MR) is 78.8 cm³/mol. The Kier molecular flexibility index (Phi) is 7.58. The zero-order valence-electron chi connectivity index (χ0n) is 11.2. The van der Waals surface area contributed by atoms with E-state index in [4.69, 9.17) is 5.73 Å². The highest BCUT2D eigenvalue weighted by atomic mass is 32.2. The van der Waals surface area contributed by atoms with Crippen LogP contribution in [0, 0.1) is 6.92 Å². The van der Waals surface area contributed by atoms with Crippen LogP contribution in [0.15, 0.2) is 29.2 Å². The molecule has 100 valence electrons. The van der Waals surface area contributed by atoms with E-state index < -0.39 is 0 Å². The molecular weight excluding hydrogens is 242 g/mol. The Morgan fingerprint density at radius 2 is 1.89 bits per heavy atom. The summed E-state index contributed by atoms with van der Waals surface area (Å²) in [6.45, 7) is 2.13. The Balaban J connectivity index is 1.97. The number of benzene rings is 1. The number of carbonyl (C=O) groups excluding carboxylic acids is 1. The molecule has 0 spiro atoms. The molecule has 2 nitrogen and oxygen atoms in total. The Labute approximate surface area is 114 Å². The molecule has 0 saturated carbocycles. The number of aryl methyl sites for hydroxylation is 1. The Morgan fingerprint density at radius 1 is 1.17 bits per heavy atom. The maximum atomic E-state index is 10.5. The van der Waals surface area contributed by atoms with Crippen LogP contribution in [0.3, 0.4) is 0 Å². The molecule has 0 fully saturated rings. The Morgan fingerprint density at radius 3 is 2.61 bits per heavy atom. The fourth-order valence-electron chi connectivity index (χ4n) is 1.83. The number of hydrogen-bond acceptors (Lipinski definition) is 2. The van der Waals surface area contributed by atoms with E-state index in [1.165, 1.54) is 35.5 Å². The molecule has 0 aliphatic heterocycles. The maximum absolute atomic E-state index is 10.5. The highest BCUT2D eigenvalue weighted by Crippen LogP contribution is 2.20. The molecule has 3 heteroatoms. The van der Waals surface area contributed by atoms with Gasteiger partial charge in [0.15, 0.2) is 0 Å². The summed E-state index contributed by atoms with van der Waals surface area (Å²) in [5.41, 5.74) is 6.41. The zero-order chi connectivity index (χ0) is 13.2. The number of hydrogen-bond donors (Lipinski definition) is 1. The Hall–Kier alpha value is -0.960. The van der Waals surface area contributed by atoms with Gasteiger partial charge in [0.25, 0.3) is 0 Å². The maximum Gasteiger partial charge on any atom is 0.217 e. The molecule has 1 rings (SSSR count). The van der Waals surface area contributed by atoms with E-state index in [9.17, 15) is 4.79 Å². The van der Waals surface area contributed by atoms with Crippen molar-refractivity contribution in [2.75, 3.05) is 5.75 Å². The summed E-state index contributed by atoms with van der Waals surface area (Å²) in [6.07, 6.45) is 6.31. The van der Waals surface area contributed by atoms with Crippen molar-refractivity contribution in [3.05, 3.63) is 29.8 Å². The van der Waals surface area contributed by atoms with Gasteiger partial charge in [0, 0.05) is 11.3 Å². The molecule has 0 aliphatic rings. The first-order valence-corrected chi connectivity index (χ1v) is 7.65. The molecule has 1 aromatic rings. The zero-order valence-corrected chi connectivity index (χ0v) is 12.0. The van der Waals surface area contributed by atoms with E-state index in [0.717, 1.165) is 12.8 Å². The monoisotopic (exact) mass is 265 g/mol. The van der Waals surface area contributed by atoms with Crippen LogP contribution in [0.2, 0.25) is 0 Å². The summed E-state index contributed by atoms with van der Waals surface area (Å²) >= 11 is 1.93. The lowest BCUT2D eigenvalue weighted by Gasteiger charge is -2.03. The molecule has 18 heavy (non-hydrogen) atoms. The third-order valence-corrected chi connectivity index (χ3v) is 3.91. The van der Waals surface area contributed by atoms with Gasteiger partial charge in [-0.1, -0.05) is 37.0 Å². The second-order valence-corrected chi connectivity index (χ2v) is 5.82. The summed E-state index contributed by atoms with van der Waals surface area (Å²) in [4.78, 5) is 11.9. The average Bonchev–Trinajstić information content (AvgIpc) is 2.32. The van der Waals surface area contributed by atoms with Crippen molar-refractivity contribution in [2.45, 2.75) is 50.3 Å². The first kappa shape index (κ1) is 15.1. The van der Waals surface area contributed by atoms with Crippen molar-refractivity contribution in [2.24, 2.45) is 5.73 Å². The van der Waals surface area contributed by atoms with E-state index in [0.29, 0.717) is 6.42 Å². The Bertz CT molecular complexity index is 365. The molecule has 0 aromatic heterocycles. The van der Waals surface area contributed by atoms with Gasteiger partial charge in [-0.25, -0.2) is 0 Å². The molecule has 0 saturated heterocycles. The quantitative estimate of drug-likeness (QED) is 0.543. The largest absolute Gasteiger partial charge is 0.370 e. The number of rotatable bonds is 9. The molecule has 0 radical (unpaired) electrons. The first-order chi connectivity index (χ1) is 8.68. The SMILES string of the molecule is Cc1cccc(SCCCCCCCC(N)=O)c1. The van der Waals surface area contributed by atoms with Gasteiger partial charge in [-0.2, -0.15) is 0 Å². The van der Waals surface area contributed by atoms with E-state index in [-0.39, 0.29) is 5.91 Å². The number of nitrogens with two attached hydrogens (primary N) is 1.